The summed E-state index contributed by atoms with van der Waals surface area (Å²) in [5, 5.41) is 28.3. The quantitative estimate of drug-likeness (QED) is 0.721. The molecule has 5 heteroatoms. The molecule has 0 amide bonds. The second kappa shape index (κ2) is 4.67. The van der Waals surface area contributed by atoms with Crippen LogP contribution >= 0.6 is 0 Å². The Morgan fingerprint density at radius 2 is 1.50 bits per heavy atom. The van der Waals surface area contributed by atoms with Gasteiger partial charge in [0.05, 0.1) is 0 Å². The molecule has 92 valence electrons. The minimum Gasteiger partial charge on any atom is -0.508 e. The maximum absolute atomic E-state index is 10.4. The highest BCUT2D eigenvalue weighted by atomic mass is 16.5. The van der Waals surface area contributed by atoms with Crippen molar-refractivity contribution in [3.05, 3.63) is 36.4 Å². The zero-order valence-electron chi connectivity index (χ0n) is 9.20. The van der Waals surface area contributed by atoms with Gasteiger partial charge in [0, 0.05) is 23.3 Å². The molecule has 0 aromatic heterocycles. The second-order valence-corrected chi connectivity index (χ2v) is 3.60. The predicted octanol–water partition coefficient (Wildman–Crippen LogP) is 2.01. The van der Waals surface area contributed by atoms with Crippen LogP contribution in [0.5, 0.6) is 23.0 Å². The largest absolute Gasteiger partial charge is 0.508 e. The van der Waals surface area contributed by atoms with Gasteiger partial charge in [-0.1, -0.05) is 0 Å². The van der Waals surface area contributed by atoms with Crippen LogP contribution in [0.2, 0.25) is 0 Å². The smallest absolute Gasteiger partial charge is 0.298 e. The fourth-order valence-electron chi connectivity index (χ4n) is 1.63. The highest BCUT2D eigenvalue weighted by Crippen LogP contribution is 2.38. The van der Waals surface area contributed by atoms with Gasteiger partial charge in [0.2, 0.25) is 0 Å². The van der Waals surface area contributed by atoms with Crippen LogP contribution in [0.4, 0.5) is 0 Å². The molecular formula is C13H10O5. The third-order valence-corrected chi connectivity index (χ3v) is 2.41. The van der Waals surface area contributed by atoms with Gasteiger partial charge in [0.15, 0.2) is 0 Å². The molecule has 2 rings (SSSR count). The Hall–Kier alpha value is -2.69. The Balaban J connectivity index is 2.59. The van der Waals surface area contributed by atoms with Crippen LogP contribution in [0.1, 0.15) is 0 Å². The van der Waals surface area contributed by atoms with Crippen molar-refractivity contribution in [1.29, 1.82) is 0 Å². The zero-order valence-corrected chi connectivity index (χ0v) is 9.20. The zero-order chi connectivity index (χ0) is 13.1. The molecule has 0 radical (unpaired) electrons. The lowest BCUT2D eigenvalue weighted by Crippen LogP contribution is -1.92. The number of rotatable bonds is 3. The van der Waals surface area contributed by atoms with E-state index in [4.69, 9.17) is 4.74 Å². The molecule has 0 heterocycles. The minimum absolute atomic E-state index is 0.0612. The molecule has 18 heavy (non-hydrogen) atoms. The van der Waals surface area contributed by atoms with E-state index in [1.54, 1.807) is 0 Å². The van der Waals surface area contributed by atoms with E-state index in [9.17, 15) is 20.1 Å². The molecule has 0 atom stereocenters. The van der Waals surface area contributed by atoms with Gasteiger partial charge in [-0.2, -0.15) is 0 Å². The van der Waals surface area contributed by atoms with Crippen molar-refractivity contribution in [3.63, 3.8) is 0 Å². The lowest BCUT2D eigenvalue weighted by Gasteiger charge is -2.10. The van der Waals surface area contributed by atoms with Crippen molar-refractivity contribution < 1.29 is 24.9 Å². The molecular weight excluding hydrogens is 236 g/mol. The van der Waals surface area contributed by atoms with Crippen LogP contribution in [0.3, 0.4) is 0 Å². The third-order valence-electron chi connectivity index (χ3n) is 2.41. The molecule has 3 N–H and O–H groups in total. The van der Waals surface area contributed by atoms with Crippen molar-refractivity contribution in [2.45, 2.75) is 0 Å². The Morgan fingerprint density at radius 3 is 2.11 bits per heavy atom. The minimum atomic E-state index is -0.156. The van der Waals surface area contributed by atoms with E-state index in [1.165, 1.54) is 36.4 Å². The average Bonchev–Trinajstić information content (AvgIpc) is 2.31. The summed E-state index contributed by atoms with van der Waals surface area (Å²) in [5.41, 5.74) is 0.807. The lowest BCUT2D eigenvalue weighted by molar-refractivity contribution is -0.120. The first-order valence-corrected chi connectivity index (χ1v) is 5.07. The Morgan fingerprint density at radius 1 is 0.889 bits per heavy atom. The average molecular weight is 246 g/mol. The number of hydrogen-bond donors (Lipinski definition) is 3. The number of hydrogen-bond acceptors (Lipinski definition) is 5. The van der Waals surface area contributed by atoms with Gasteiger partial charge in [-0.05, 0) is 24.3 Å². The molecule has 0 spiro atoms. The molecule has 5 nitrogen and oxygen atoms in total. The van der Waals surface area contributed by atoms with Crippen LogP contribution in [0.25, 0.3) is 11.1 Å². The van der Waals surface area contributed by atoms with Gasteiger partial charge in [0.25, 0.3) is 6.47 Å². The summed E-state index contributed by atoms with van der Waals surface area (Å²) in [6.45, 7) is 0.232. The van der Waals surface area contributed by atoms with Crippen molar-refractivity contribution in [3.8, 4) is 34.1 Å². The Labute approximate surface area is 103 Å². The van der Waals surface area contributed by atoms with Crippen LogP contribution < -0.4 is 4.74 Å². The van der Waals surface area contributed by atoms with Crippen LogP contribution in [0, 0.1) is 0 Å². The number of carbonyl (C=O) groups excluding carboxylic acids is 1. The summed E-state index contributed by atoms with van der Waals surface area (Å²) < 4.78 is 4.74. The standard InChI is InChI=1S/C13H10O5/c14-7-18-13-6-9(16)2-4-11(13)10-3-1-8(15)5-12(10)17/h1-7,15-17H. The molecule has 0 aliphatic rings. The summed E-state index contributed by atoms with van der Waals surface area (Å²) in [5.74, 6) is -0.177. The molecule has 0 saturated carbocycles. The monoisotopic (exact) mass is 246 g/mol. The van der Waals surface area contributed by atoms with Gasteiger partial charge in [-0.25, -0.2) is 0 Å². The van der Waals surface area contributed by atoms with E-state index >= 15 is 0 Å². The van der Waals surface area contributed by atoms with E-state index in [-0.39, 0.29) is 29.5 Å². The molecule has 0 bridgehead atoms. The fraction of sp³-hybridized carbons (Fsp3) is 0. The molecule has 0 saturated heterocycles. The highest BCUT2D eigenvalue weighted by Gasteiger charge is 2.12. The van der Waals surface area contributed by atoms with E-state index in [0.29, 0.717) is 11.1 Å². The second-order valence-electron chi connectivity index (χ2n) is 3.60. The van der Waals surface area contributed by atoms with E-state index < -0.39 is 0 Å². The predicted molar refractivity (Wildman–Crippen MR) is 63.6 cm³/mol. The SMILES string of the molecule is O=COc1cc(O)ccc1-c1ccc(O)cc1O. The summed E-state index contributed by atoms with van der Waals surface area (Å²) in [4.78, 5) is 10.4. The van der Waals surface area contributed by atoms with Crippen molar-refractivity contribution in [2.24, 2.45) is 0 Å². The van der Waals surface area contributed by atoms with Crippen molar-refractivity contribution in [1.82, 2.24) is 0 Å². The number of phenols is 3. The molecule has 0 fully saturated rings. The van der Waals surface area contributed by atoms with Gasteiger partial charge in [-0.3, -0.25) is 4.79 Å². The topological polar surface area (TPSA) is 87.0 Å². The van der Waals surface area contributed by atoms with Gasteiger partial charge in [-0.15, -0.1) is 0 Å². The number of aromatic hydroxyl groups is 3. The Kier molecular flexibility index (Phi) is 3.05. The number of benzene rings is 2. The van der Waals surface area contributed by atoms with Crippen molar-refractivity contribution >= 4 is 6.47 Å². The molecule has 0 aliphatic carbocycles. The lowest BCUT2D eigenvalue weighted by atomic mass is 10.0. The maximum Gasteiger partial charge on any atom is 0.298 e. The molecule has 0 aliphatic heterocycles. The first-order valence-electron chi connectivity index (χ1n) is 5.07. The normalized spacial score (nSPS) is 10.0. The summed E-state index contributed by atoms with van der Waals surface area (Å²) >= 11 is 0. The number of ether oxygens (including phenoxy) is 1. The van der Waals surface area contributed by atoms with E-state index in [1.807, 2.05) is 0 Å². The van der Waals surface area contributed by atoms with E-state index in [0.717, 1.165) is 0 Å². The molecule has 2 aromatic carbocycles. The molecule has 0 unspecified atom stereocenters. The van der Waals surface area contributed by atoms with Crippen LogP contribution in [-0.4, -0.2) is 21.8 Å². The summed E-state index contributed by atoms with van der Waals surface area (Å²) in [7, 11) is 0. The number of phenolic OH excluding ortho intramolecular Hbond substituents is 3. The Bertz CT molecular complexity index is 592. The van der Waals surface area contributed by atoms with Crippen LogP contribution in [-0.2, 0) is 4.79 Å². The van der Waals surface area contributed by atoms with Gasteiger partial charge >= 0.3 is 0 Å². The van der Waals surface area contributed by atoms with Crippen LogP contribution in [0.15, 0.2) is 36.4 Å². The first kappa shape index (κ1) is 11.8. The fourth-order valence-corrected chi connectivity index (χ4v) is 1.63. The summed E-state index contributed by atoms with van der Waals surface area (Å²) in [6, 6.07) is 8.21. The maximum atomic E-state index is 10.4. The van der Waals surface area contributed by atoms with E-state index in [2.05, 4.69) is 0 Å². The molecule has 2 aromatic rings. The summed E-state index contributed by atoms with van der Waals surface area (Å²) in [6.07, 6.45) is 0. The van der Waals surface area contributed by atoms with Crippen molar-refractivity contribution in [2.75, 3.05) is 0 Å². The van der Waals surface area contributed by atoms with Gasteiger partial charge < -0.3 is 20.1 Å². The first-order chi connectivity index (χ1) is 8.61. The highest BCUT2D eigenvalue weighted by molar-refractivity contribution is 5.78. The van der Waals surface area contributed by atoms with Gasteiger partial charge in [0.1, 0.15) is 23.0 Å². The number of carbonyl (C=O) groups is 1. The third kappa shape index (κ3) is 2.20.